The summed E-state index contributed by atoms with van der Waals surface area (Å²) in [6.07, 6.45) is 2.99. The van der Waals surface area contributed by atoms with E-state index in [0.717, 1.165) is 55.0 Å². The first-order chi connectivity index (χ1) is 15.6. The molecule has 4 heterocycles. The standard InChI is InChI=1S/C23H23FN8/c1-14-15(2)29-20-11-16(3-5-19(20)28-14)22-18(24)13-27-23(31-22)30-21-6-4-17(12-26-21)32-9-7-25-8-10-32/h3-6,11-13,25H,7-10H2,1-2H3,(H,26,27,30,31). The normalized spacial score (nSPS) is 14.0. The van der Waals surface area contributed by atoms with Crippen molar-refractivity contribution in [2.24, 2.45) is 0 Å². The number of nitrogens with one attached hydrogen (secondary N) is 2. The maximum atomic E-state index is 14.6. The highest BCUT2D eigenvalue weighted by Gasteiger charge is 2.13. The molecule has 8 nitrogen and oxygen atoms in total. The van der Waals surface area contributed by atoms with Crippen LogP contribution < -0.4 is 15.5 Å². The first-order valence-corrected chi connectivity index (χ1v) is 10.5. The second-order valence-electron chi connectivity index (χ2n) is 7.75. The molecule has 162 valence electrons. The molecule has 4 aromatic rings. The van der Waals surface area contributed by atoms with Gasteiger partial charge in [0.1, 0.15) is 11.5 Å². The van der Waals surface area contributed by atoms with E-state index in [2.05, 4.69) is 40.5 Å². The molecule has 32 heavy (non-hydrogen) atoms. The van der Waals surface area contributed by atoms with E-state index in [1.807, 2.05) is 38.2 Å². The number of anilines is 3. The Kier molecular flexibility index (Phi) is 5.32. The maximum Gasteiger partial charge on any atom is 0.229 e. The van der Waals surface area contributed by atoms with Gasteiger partial charge in [0.15, 0.2) is 5.82 Å². The summed E-state index contributed by atoms with van der Waals surface area (Å²) >= 11 is 0. The third kappa shape index (κ3) is 4.06. The van der Waals surface area contributed by atoms with Crippen molar-refractivity contribution in [2.75, 3.05) is 36.4 Å². The number of piperazine rings is 1. The van der Waals surface area contributed by atoms with E-state index in [1.54, 1.807) is 12.1 Å². The molecule has 0 bridgehead atoms. The lowest BCUT2D eigenvalue weighted by atomic mass is 10.1. The summed E-state index contributed by atoms with van der Waals surface area (Å²) < 4.78 is 14.6. The molecule has 2 N–H and O–H groups in total. The van der Waals surface area contributed by atoms with Crippen LogP contribution >= 0.6 is 0 Å². The summed E-state index contributed by atoms with van der Waals surface area (Å²) in [6, 6.07) is 9.30. The molecule has 1 fully saturated rings. The van der Waals surface area contributed by atoms with Crippen molar-refractivity contribution in [1.29, 1.82) is 0 Å². The predicted octanol–water partition coefficient (Wildman–Crippen LogP) is 3.39. The molecule has 0 radical (unpaired) electrons. The van der Waals surface area contributed by atoms with E-state index in [-0.39, 0.29) is 11.6 Å². The van der Waals surface area contributed by atoms with Crippen LogP contribution in [0.3, 0.4) is 0 Å². The Labute approximate surface area is 185 Å². The Balaban J connectivity index is 1.40. The fourth-order valence-corrected chi connectivity index (χ4v) is 3.69. The van der Waals surface area contributed by atoms with Crippen molar-refractivity contribution in [1.82, 2.24) is 30.2 Å². The number of fused-ring (bicyclic) bond motifs is 1. The molecule has 1 aromatic carbocycles. The number of pyridine rings is 1. The molecule has 9 heteroatoms. The van der Waals surface area contributed by atoms with Gasteiger partial charge in [-0.25, -0.2) is 29.3 Å². The van der Waals surface area contributed by atoms with Gasteiger partial charge in [-0.3, -0.25) is 0 Å². The number of hydrogen-bond acceptors (Lipinski definition) is 8. The zero-order valence-corrected chi connectivity index (χ0v) is 17.9. The van der Waals surface area contributed by atoms with Crippen LogP contribution in [-0.4, -0.2) is 51.1 Å². The fourth-order valence-electron chi connectivity index (χ4n) is 3.69. The molecule has 1 aliphatic rings. The Morgan fingerprint density at radius 2 is 1.69 bits per heavy atom. The van der Waals surface area contributed by atoms with Crippen molar-refractivity contribution in [2.45, 2.75) is 13.8 Å². The molecule has 0 aliphatic carbocycles. The van der Waals surface area contributed by atoms with E-state index in [4.69, 9.17) is 0 Å². The van der Waals surface area contributed by atoms with Crippen LogP contribution in [0.2, 0.25) is 0 Å². The van der Waals surface area contributed by atoms with Gasteiger partial charge in [-0.05, 0) is 38.1 Å². The smallest absolute Gasteiger partial charge is 0.229 e. The summed E-state index contributed by atoms with van der Waals surface area (Å²) in [4.78, 5) is 24.3. The highest BCUT2D eigenvalue weighted by molar-refractivity contribution is 5.81. The van der Waals surface area contributed by atoms with Crippen molar-refractivity contribution in [3.05, 3.63) is 59.9 Å². The van der Waals surface area contributed by atoms with Gasteiger partial charge in [0, 0.05) is 31.7 Å². The minimum Gasteiger partial charge on any atom is -0.368 e. The quantitative estimate of drug-likeness (QED) is 0.509. The molecule has 0 spiro atoms. The first-order valence-electron chi connectivity index (χ1n) is 10.5. The van der Waals surface area contributed by atoms with Crippen LogP contribution in [0, 0.1) is 19.7 Å². The van der Waals surface area contributed by atoms with E-state index in [9.17, 15) is 4.39 Å². The third-order valence-corrected chi connectivity index (χ3v) is 5.56. The third-order valence-electron chi connectivity index (χ3n) is 5.56. The molecular formula is C23H23FN8. The average molecular weight is 430 g/mol. The van der Waals surface area contributed by atoms with Crippen LogP contribution in [0.5, 0.6) is 0 Å². The summed E-state index contributed by atoms with van der Waals surface area (Å²) in [5.41, 5.74) is 5.06. The molecule has 5 rings (SSSR count). The van der Waals surface area contributed by atoms with Gasteiger partial charge in [-0.2, -0.15) is 0 Å². The van der Waals surface area contributed by atoms with Gasteiger partial charge in [0.2, 0.25) is 5.95 Å². The lowest BCUT2D eigenvalue weighted by Gasteiger charge is -2.29. The molecular weight excluding hydrogens is 407 g/mol. The number of hydrogen-bond donors (Lipinski definition) is 2. The number of rotatable bonds is 4. The van der Waals surface area contributed by atoms with Crippen LogP contribution in [0.1, 0.15) is 11.4 Å². The van der Waals surface area contributed by atoms with Gasteiger partial charge in [-0.1, -0.05) is 6.07 Å². The Morgan fingerprint density at radius 3 is 2.44 bits per heavy atom. The number of aryl methyl sites for hydroxylation is 2. The van der Waals surface area contributed by atoms with Crippen molar-refractivity contribution < 1.29 is 4.39 Å². The molecule has 0 unspecified atom stereocenters. The largest absolute Gasteiger partial charge is 0.368 e. The van der Waals surface area contributed by atoms with Gasteiger partial charge >= 0.3 is 0 Å². The first kappa shape index (κ1) is 20.2. The zero-order valence-electron chi connectivity index (χ0n) is 17.9. The SMILES string of the molecule is Cc1nc2ccc(-c3nc(Nc4ccc(N5CCNCC5)cn4)ncc3F)cc2nc1C. The molecule has 0 saturated carbocycles. The van der Waals surface area contributed by atoms with Gasteiger partial charge in [-0.15, -0.1) is 0 Å². The highest BCUT2D eigenvalue weighted by atomic mass is 19.1. The second kappa shape index (κ2) is 8.43. The summed E-state index contributed by atoms with van der Waals surface area (Å²) in [6.45, 7) is 7.66. The van der Waals surface area contributed by atoms with E-state index in [0.29, 0.717) is 16.9 Å². The van der Waals surface area contributed by atoms with Crippen molar-refractivity contribution >= 4 is 28.5 Å². The van der Waals surface area contributed by atoms with Gasteiger partial charge in [0.25, 0.3) is 0 Å². The highest BCUT2D eigenvalue weighted by Crippen LogP contribution is 2.26. The van der Waals surface area contributed by atoms with Gasteiger partial charge in [0.05, 0.1) is 40.5 Å². The van der Waals surface area contributed by atoms with E-state index in [1.165, 1.54) is 0 Å². The fraction of sp³-hybridized carbons (Fsp3) is 0.261. The Hall–Kier alpha value is -3.72. The summed E-state index contributed by atoms with van der Waals surface area (Å²) in [7, 11) is 0. The van der Waals surface area contributed by atoms with Crippen LogP contribution in [-0.2, 0) is 0 Å². The van der Waals surface area contributed by atoms with Crippen LogP contribution in [0.4, 0.5) is 21.8 Å². The molecule has 0 atom stereocenters. The maximum absolute atomic E-state index is 14.6. The molecule has 3 aromatic heterocycles. The Morgan fingerprint density at radius 1 is 0.906 bits per heavy atom. The summed E-state index contributed by atoms with van der Waals surface area (Å²) in [5, 5.41) is 6.40. The summed E-state index contributed by atoms with van der Waals surface area (Å²) in [5.74, 6) is 0.362. The van der Waals surface area contributed by atoms with Crippen molar-refractivity contribution in [3.63, 3.8) is 0 Å². The minimum absolute atomic E-state index is 0.196. The number of benzene rings is 1. The lowest BCUT2D eigenvalue weighted by molar-refractivity contribution is 0.589. The lowest BCUT2D eigenvalue weighted by Crippen LogP contribution is -2.43. The van der Waals surface area contributed by atoms with Gasteiger partial charge < -0.3 is 15.5 Å². The topological polar surface area (TPSA) is 91.8 Å². The molecule has 1 aliphatic heterocycles. The van der Waals surface area contributed by atoms with E-state index < -0.39 is 5.82 Å². The average Bonchev–Trinajstić information content (AvgIpc) is 2.82. The zero-order chi connectivity index (χ0) is 22.1. The van der Waals surface area contributed by atoms with Crippen LogP contribution in [0.15, 0.2) is 42.7 Å². The number of halogens is 1. The van der Waals surface area contributed by atoms with Crippen LogP contribution in [0.25, 0.3) is 22.3 Å². The number of nitrogens with zero attached hydrogens (tertiary/aromatic N) is 6. The monoisotopic (exact) mass is 430 g/mol. The Bertz CT molecular complexity index is 1270. The minimum atomic E-state index is -0.506. The molecule has 1 saturated heterocycles. The van der Waals surface area contributed by atoms with E-state index >= 15 is 0 Å². The molecule has 0 amide bonds. The second-order valence-corrected chi connectivity index (χ2v) is 7.75. The number of aromatic nitrogens is 5. The predicted molar refractivity (Wildman–Crippen MR) is 123 cm³/mol. The van der Waals surface area contributed by atoms with Crippen molar-refractivity contribution in [3.8, 4) is 11.3 Å².